The number of benzene rings is 1. The van der Waals surface area contributed by atoms with E-state index in [-0.39, 0.29) is 0 Å². The molecule has 4 nitrogen and oxygen atoms in total. The van der Waals surface area contributed by atoms with Crippen LogP contribution in [-0.2, 0) is 5.54 Å². The lowest BCUT2D eigenvalue weighted by Crippen LogP contribution is -2.40. The van der Waals surface area contributed by atoms with Gasteiger partial charge in [-0.2, -0.15) is 4.98 Å². The maximum atomic E-state index is 6.45. The third-order valence-electron chi connectivity index (χ3n) is 4.12. The Morgan fingerprint density at radius 2 is 1.90 bits per heavy atom. The topological polar surface area (TPSA) is 64.9 Å². The van der Waals surface area contributed by atoms with Gasteiger partial charge in [0.25, 0.3) is 0 Å². The number of nitrogens with two attached hydrogens (primary N) is 1. The van der Waals surface area contributed by atoms with Crippen molar-refractivity contribution in [3.05, 3.63) is 34.6 Å². The van der Waals surface area contributed by atoms with E-state index in [2.05, 4.69) is 33.0 Å². The van der Waals surface area contributed by atoms with Gasteiger partial charge >= 0.3 is 0 Å². The minimum Gasteiger partial charge on any atom is -0.337 e. The molecule has 1 fully saturated rings. The molecule has 0 unspecified atom stereocenters. The van der Waals surface area contributed by atoms with E-state index in [9.17, 15) is 0 Å². The quantitative estimate of drug-likeness (QED) is 0.904. The summed E-state index contributed by atoms with van der Waals surface area (Å²) in [6.07, 6.45) is 4.06. The van der Waals surface area contributed by atoms with Crippen molar-refractivity contribution in [3.8, 4) is 11.4 Å². The zero-order valence-corrected chi connectivity index (χ0v) is 13.1. The fourth-order valence-electron chi connectivity index (χ4n) is 2.63. The van der Waals surface area contributed by atoms with Crippen LogP contribution in [0.2, 0.25) is 0 Å². The first-order valence-corrected chi connectivity index (χ1v) is 7.75. The highest BCUT2D eigenvalue weighted by molar-refractivity contribution is 9.10. The molecule has 0 amide bonds. The number of rotatable bonds is 2. The van der Waals surface area contributed by atoms with Gasteiger partial charge in [0.1, 0.15) is 0 Å². The standard InChI is InChI=1S/C15H18BrN3O/c1-10-6-8-15(17,9-7-10)14-18-13(19-20-14)11-2-4-12(16)5-3-11/h2-5,10H,6-9,17H2,1H3. The SMILES string of the molecule is CC1CCC(N)(c2nc(-c3ccc(Br)cc3)no2)CC1. The van der Waals surface area contributed by atoms with Crippen LogP contribution in [0.4, 0.5) is 0 Å². The van der Waals surface area contributed by atoms with Crippen molar-refractivity contribution >= 4 is 15.9 Å². The first kappa shape index (κ1) is 13.8. The Morgan fingerprint density at radius 1 is 1.25 bits per heavy atom. The third kappa shape index (κ3) is 2.65. The maximum Gasteiger partial charge on any atom is 0.247 e. The van der Waals surface area contributed by atoms with E-state index in [0.717, 1.165) is 41.6 Å². The molecule has 0 spiro atoms. The van der Waals surface area contributed by atoms with Gasteiger partial charge in [-0.3, -0.25) is 0 Å². The number of hydrogen-bond donors (Lipinski definition) is 1. The van der Waals surface area contributed by atoms with Gasteiger partial charge < -0.3 is 10.3 Å². The Labute approximate surface area is 126 Å². The maximum absolute atomic E-state index is 6.45. The molecule has 106 valence electrons. The molecule has 1 aromatic heterocycles. The second-order valence-electron chi connectivity index (χ2n) is 5.77. The predicted octanol–water partition coefficient (Wildman–Crippen LogP) is 3.86. The molecule has 2 N–H and O–H groups in total. The predicted molar refractivity (Wildman–Crippen MR) is 80.9 cm³/mol. The van der Waals surface area contributed by atoms with Crippen molar-refractivity contribution in [1.82, 2.24) is 10.1 Å². The fraction of sp³-hybridized carbons (Fsp3) is 0.467. The summed E-state index contributed by atoms with van der Waals surface area (Å²) in [6.45, 7) is 2.26. The highest BCUT2D eigenvalue weighted by Gasteiger charge is 2.37. The average molecular weight is 336 g/mol. The smallest absolute Gasteiger partial charge is 0.247 e. The molecule has 1 heterocycles. The van der Waals surface area contributed by atoms with Crippen LogP contribution in [0.15, 0.2) is 33.3 Å². The lowest BCUT2D eigenvalue weighted by atomic mass is 9.78. The second-order valence-corrected chi connectivity index (χ2v) is 6.68. The van der Waals surface area contributed by atoms with Crippen molar-refractivity contribution in [2.45, 2.75) is 38.1 Å². The van der Waals surface area contributed by atoms with Gasteiger partial charge in [0.15, 0.2) is 0 Å². The summed E-state index contributed by atoms with van der Waals surface area (Å²) in [6, 6.07) is 7.85. The van der Waals surface area contributed by atoms with Crippen LogP contribution in [0, 0.1) is 5.92 Å². The van der Waals surface area contributed by atoms with Gasteiger partial charge in [-0.05, 0) is 55.9 Å². The monoisotopic (exact) mass is 335 g/mol. The van der Waals surface area contributed by atoms with Crippen molar-refractivity contribution in [2.24, 2.45) is 11.7 Å². The van der Waals surface area contributed by atoms with Crippen LogP contribution >= 0.6 is 15.9 Å². The van der Waals surface area contributed by atoms with Gasteiger partial charge in [-0.15, -0.1) is 0 Å². The van der Waals surface area contributed by atoms with Gasteiger partial charge in [0, 0.05) is 10.0 Å². The molecule has 1 aromatic carbocycles. The molecule has 1 aliphatic rings. The normalized spacial score (nSPS) is 26.6. The highest BCUT2D eigenvalue weighted by atomic mass is 79.9. The van der Waals surface area contributed by atoms with Crippen LogP contribution in [0.25, 0.3) is 11.4 Å². The third-order valence-corrected chi connectivity index (χ3v) is 4.65. The van der Waals surface area contributed by atoms with Crippen molar-refractivity contribution < 1.29 is 4.52 Å². The largest absolute Gasteiger partial charge is 0.337 e. The summed E-state index contributed by atoms with van der Waals surface area (Å²) in [5.74, 6) is 1.92. The van der Waals surface area contributed by atoms with Gasteiger partial charge in [-0.1, -0.05) is 28.0 Å². The van der Waals surface area contributed by atoms with Crippen LogP contribution in [0.5, 0.6) is 0 Å². The molecule has 3 rings (SSSR count). The van der Waals surface area contributed by atoms with E-state index in [1.54, 1.807) is 0 Å². The van der Waals surface area contributed by atoms with E-state index in [0.29, 0.717) is 11.7 Å². The van der Waals surface area contributed by atoms with Crippen LogP contribution < -0.4 is 5.73 Å². The molecule has 0 radical (unpaired) electrons. The fourth-order valence-corrected chi connectivity index (χ4v) is 2.90. The summed E-state index contributed by atoms with van der Waals surface area (Å²) in [7, 11) is 0. The molecule has 5 heteroatoms. The van der Waals surface area contributed by atoms with Crippen molar-refractivity contribution in [1.29, 1.82) is 0 Å². The van der Waals surface area contributed by atoms with Crippen molar-refractivity contribution in [3.63, 3.8) is 0 Å². The summed E-state index contributed by atoms with van der Waals surface area (Å²) in [4.78, 5) is 4.51. The van der Waals surface area contributed by atoms with Gasteiger partial charge in [0.05, 0.1) is 5.54 Å². The van der Waals surface area contributed by atoms with Gasteiger partial charge in [-0.25, -0.2) is 0 Å². The zero-order chi connectivity index (χ0) is 14.2. The van der Waals surface area contributed by atoms with E-state index >= 15 is 0 Å². The first-order valence-electron chi connectivity index (χ1n) is 6.96. The Bertz CT molecular complexity index is 585. The zero-order valence-electron chi connectivity index (χ0n) is 11.5. The van der Waals surface area contributed by atoms with Gasteiger partial charge in [0.2, 0.25) is 11.7 Å². The molecule has 0 atom stereocenters. The number of hydrogen-bond acceptors (Lipinski definition) is 4. The molecule has 2 aromatic rings. The Kier molecular flexibility index (Phi) is 3.65. The Morgan fingerprint density at radius 3 is 2.55 bits per heavy atom. The first-order chi connectivity index (χ1) is 9.57. The molecule has 20 heavy (non-hydrogen) atoms. The van der Waals surface area contributed by atoms with E-state index in [4.69, 9.17) is 10.3 Å². The number of halogens is 1. The summed E-state index contributed by atoms with van der Waals surface area (Å²) in [5, 5.41) is 4.07. The Balaban J connectivity index is 1.85. The molecule has 0 bridgehead atoms. The molecule has 1 aliphatic carbocycles. The number of aromatic nitrogens is 2. The van der Waals surface area contributed by atoms with Crippen LogP contribution in [0.3, 0.4) is 0 Å². The summed E-state index contributed by atoms with van der Waals surface area (Å²) < 4.78 is 6.46. The summed E-state index contributed by atoms with van der Waals surface area (Å²) >= 11 is 3.42. The van der Waals surface area contributed by atoms with Crippen LogP contribution in [-0.4, -0.2) is 10.1 Å². The minimum atomic E-state index is -0.451. The molecular formula is C15H18BrN3O. The lowest BCUT2D eigenvalue weighted by Gasteiger charge is -2.32. The molecule has 1 saturated carbocycles. The summed E-state index contributed by atoms with van der Waals surface area (Å²) in [5.41, 5.74) is 6.94. The highest BCUT2D eigenvalue weighted by Crippen LogP contribution is 2.37. The average Bonchev–Trinajstić information content (AvgIpc) is 2.94. The molecule has 0 saturated heterocycles. The van der Waals surface area contributed by atoms with E-state index < -0.39 is 5.54 Å². The Hall–Kier alpha value is -1.20. The minimum absolute atomic E-state index is 0.451. The lowest BCUT2D eigenvalue weighted by molar-refractivity contribution is 0.190. The van der Waals surface area contributed by atoms with Crippen LogP contribution in [0.1, 0.15) is 38.5 Å². The second kappa shape index (κ2) is 5.30. The van der Waals surface area contributed by atoms with Crippen molar-refractivity contribution in [2.75, 3.05) is 0 Å². The molecule has 0 aliphatic heterocycles. The molecular weight excluding hydrogens is 318 g/mol. The van der Waals surface area contributed by atoms with E-state index in [1.165, 1.54) is 0 Å². The van der Waals surface area contributed by atoms with E-state index in [1.807, 2.05) is 24.3 Å². The number of nitrogens with zero attached hydrogens (tertiary/aromatic N) is 2.